The summed E-state index contributed by atoms with van der Waals surface area (Å²) in [5.41, 5.74) is 0.372. The van der Waals surface area contributed by atoms with Gasteiger partial charge in [-0.25, -0.2) is 0 Å². The lowest BCUT2D eigenvalue weighted by atomic mass is 10.3. The van der Waals surface area contributed by atoms with Gasteiger partial charge < -0.3 is 5.32 Å². The molecule has 0 atom stereocenters. The first-order valence-corrected chi connectivity index (χ1v) is 5.82. The van der Waals surface area contributed by atoms with Gasteiger partial charge in [0.05, 0.1) is 5.69 Å². The van der Waals surface area contributed by atoms with Crippen molar-refractivity contribution < 1.29 is 13.6 Å². The van der Waals surface area contributed by atoms with Crippen LogP contribution in [0, 0.1) is 3.57 Å². The van der Waals surface area contributed by atoms with Crippen LogP contribution >= 0.6 is 38.5 Å². The molecule has 1 rings (SSSR count). The lowest BCUT2D eigenvalue weighted by Crippen LogP contribution is -2.31. The third-order valence-electron chi connectivity index (χ3n) is 1.58. The van der Waals surface area contributed by atoms with Crippen molar-refractivity contribution in [2.75, 3.05) is 5.32 Å². The van der Waals surface area contributed by atoms with E-state index in [4.69, 9.17) is 0 Å². The Morgan fingerprint density at radius 1 is 1.53 bits per heavy atom. The van der Waals surface area contributed by atoms with E-state index in [0.717, 1.165) is 4.47 Å². The molecule has 1 aromatic rings. The van der Waals surface area contributed by atoms with Crippen molar-refractivity contribution in [3.63, 3.8) is 0 Å². The van der Waals surface area contributed by atoms with E-state index in [2.05, 4.69) is 21.2 Å². The van der Waals surface area contributed by atoms with Crippen LogP contribution in [-0.2, 0) is 4.79 Å². The van der Waals surface area contributed by atoms with Crippen LogP contribution < -0.4 is 5.32 Å². The van der Waals surface area contributed by atoms with Crippen molar-refractivity contribution in [2.45, 2.75) is 12.8 Å². The van der Waals surface area contributed by atoms with E-state index in [-0.39, 0.29) is 0 Å². The number of anilines is 1. The van der Waals surface area contributed by atoms with Crippen molar-refractivity contribution in [1.82, 2.24) is 0 Å². The molecule has 0 aliphatic carbocycles. The Morgan fingerprint density at radius 2 is 2.13 bits per heavy atom. The first-order chi connectivity index (χ1) is 6.80. The summed E-state index contributed by atoms with van der Waals surface area (Å²) in [7, 11) is 0. The number of hydrogen-bond acceptors (Lipinski definition) is 1. The Morgan fingerprint density at radius 3 is 2.67 bits per heavy atom. The van der Waals surface area contributed by atoms with Crippen molar-refractivity contribution in [3.8, 4) is 0 Å². The summed E-state index contributed by atoms with van der Waals surface area (Å²) in [6.45, 7) is 0.563. The molecule has 0 heterocycles. The summed E-state index contributed by atoms with van der Waals surface area (Å²) < 4.78 is 26.6. The average molecular weight is 390 g/mol. The lowest BCUT2D eigenvalue weighted by molar-refractivity contribution is -0.137. The van der Waals surface area contributed by atoms with E-state index in [1.54, 1.807) is 18.2 Å². The maximum atomic E-state index is 12.6. The van der Waals surface area contributed by atoms with E-state index in [0.29, 0.717) is 16.2 Å². The van der Waals surface area contributed by atoms with Crippen LogP contribution in [0.25, 0.3) is 0 Å². The third kappa shape index (κ3) is 3.67. The summed E-state index contributed by atoms with van der Waals surface area (Å²) in [5, 5.41) is 2.16. The van der Waals surface area contributed by atoms with Gasteiger partial charge in [0.1, 0.15) is 0 Å². The maximum Gasteiger partial charge on any atom is 0.322 e. The molecule has 0 aliphatic rings. The minimum absolute atomic E-state index is 0.372. The Labute approximate surface area is 108 Å². The van der Waals surface area contributed by atoms with Gasteiger partial charge in [0.15, 0.2) is 0 Å². The highest BCUT2D eigenvalue weighted by Crippen LogP contribution is 2.24. The summed E-state index contributed by atoms with van der Waals surface area (Å²) in [4.78, 5) is 11.0. The zero-order valence-corrected chi connectivity index (χ0v) is 11.4. The van der Waals surface area contributed by atoms with Crippen LogP contribution in [0.3, 0.4) is 0 Å². The van der Waals surface area contributed by atoms with Crippen molar-refractivity contribution in [1.29, 1.82) is 0 Å². The Bertz CT molecular complexity index is 392. The Kier molecular flexibility index (Phi) is 4.05. The van der Waals surface area contributed by atoms with Gasteiger partial charge >= 0.3 is 5.92 Å². The molecular weight excluding hydrogens is 383 g/mol. The summed E-state index contributed by atoms with van der Waals surface area (Å²) >= 11 is 5.15. The number of carbonyl (C=O) groups is 1. The molecule has 0 aliphatic heterocycles. The predicted octanol–water partition coefficient (Wildman–Crippen LogP) is 3.65. The number of alkyl halides is 2. The van der Waals surface area contributed by atoms with Crippen LogP contribution in [0.15, 0.2) is 22.7 Å². The highest BCUT2D eigenvalue weighted by molar-refractivity contribution is 14.1. The lowest BCUT2D eigenvalue weighted by Gasteiger charge is -2.12. The number of amides is 1. The molecule has 0 radical (unpaired) electrons. The van der Waals surface area contributed by atoms with Crippen molar-refractivity contribution in [3.05, 3.63) is 26.2 Å². The number of benzene rings is 1. The SMILES string of the molecule is CC(F)(F)C(=O)Nc1cc(Br)ccc1I. The van der Waals surface area contributed by atoms with Gasteiger partial charge in [0.25, 0.3) is 5.91 Å². The van der Waals surface area contributed by atoms with Gasteiger partial charge in [-0.3, -0.25) is 4.79 Å². The second-order valence-electron chi connectivity index (χ2n) is 2.97. The summed E-state index contributed by atoms with van der Waals surface area (Å²) in [6, 6.07) is 5.06. The summed E-state index contributed by atoms with van der Waals surface area (Å²) in [6.07, 6.45) is 0. The molecule has 1 amide bonds. The first-order valence-electron chi connectivity index (χ1n) is 3.95. The maximum absolute atomic E-state index is 12.6. The van der Waals surface area contributed by atoms with Gasteiger partial charge in [-0.2, -0.15) is 8.78 Å². The van der Waals surface area contributed by atoms with Crippen LogP contribution in [-0.4, -0.2) is 11.8 Å². The Hall–Kier alpha value is -0.240. The number of nitrogens with one attached hydrogen (secondary N) is 1. The molecule has 0 saturated carbocycles. The van der Waals surface area contributed by atoms with E-state index < -0.39 is 11.8 Å². The minimum atomic E-state index is -3.37. The third-order valence-corrected chi connectivity index (χ3v) is 3.01. The molecule has 0 unspecified atom stereocenters. The fourth-order valence-electron chi connectivity index (χ4n) is 0.825. The first kappa shape index (κ1) is 12.8. The molecule has 15 heavy (non-hydrogen) atoms. The standard InChI is InChI=1S/C9H7BrF2INO/c1-9(11,12)8(15)14-7-4-5(10)2-3-6(7)13/h2-4H,1H3,(H,14,15). The van der Waals surface area contributed by atoms with Gasteiger partial charge in [0, 0.05) is 15.0 Å². The molecule has 0 aromatic heterocycles. The van der Waals surface area contributed by atoms with Gasteiger partial charge in [0.2, 0.25) is 0 Å². The average Bonchev–Trinajstić information content (AvgIpc) is 2.09. The summed E-state index contributed by atoms with van der Waals surface area (Å²) in [5.74, 6) is -4.68. The monoisotopic (exact) mass is 389 g/mol. The number of carbonyl (C=O) groups excluding carboxylic acids is 1. The van der Waals surface area contributed by atoms with Crippen molar-refractivity contribution in [2.24, 2.45) is 0 Å². The van der Waals surface area contributed by atoms with E-state index >= 15 is 0 Å². The molecule has 1 aromatic carbocycles. The zero-order chi connectivity index (χ0) is 11.6. The van der Waals surface area contributed by atoms with E-state index in [1.807, 2.05) is 22.6 Å². The topological polar surface area (TPSA) is 29.1 Å². The normalized spacial score (nSPS) is 11.3. The molecule has 6 heteroatoms. The largest absolute Gasteiger partial charge is 0.322 e. The molecular formula is C9H7BrF2INO. The fourth-order valence-corrected chi connectivity index (χ4v) is 1.66. The van der Waals surface area contributed by atoms with E-state index in [9.17, 15) is 13.6 Å². The van der Waals surface area contributed by atoms with Crippen LogP contribution in [0.4, 0.5) is 14.5 Å². The van der Waals surface area contributed by atoms with E-state index in [1.165, 1.54) is 0 Å². The second kappa shape index (κ2) is 4.73. The van der Waals surface area contributed by atoms with Gasteiger partial charge in [-0.05, 0) is 40.8 Å². The highest BCUT2D eigenvalue weighted by atomic mass is 127. The minimum Gasteiger partial charge on any atom is -0.320 e. The molecule has 0 saturated heterocycles. The molecule has 0 fully saturated rings. The van der Waals surface area contributed by atoms with Crippen LogP contribution in [0.1, 0.15) is 6.92 Å². The second-order valence-corrected chi connectivity index (χ2v) is 5.04. The number of rotatable bonds is 2. The number of halogens is 4. The molecule has 0 spiro atoms. The Balaban J connectivity index is 2.90. The van der Waals surface area contributed by atoms with Gasteiger partial charge in [-0.15, -0.1) is 0 Å². The highest BCUT2D eigenvalue weighted by Gasteiger charge is 2.32. The molecule has 2 nitrogen and oxygen atoms in total. The van der Waals surface area contributed by atoms with Gasteiger partial charge in [-0.1, -0.05) is 15.9 Å². The van der Waals surface area contributed by atoms with Crippen LogP contribution in [0.5, 0.6) is 0 Å². The zero-order valence-electron chi connectivity index (χ0n) is 7.65. The molecule has 82 valence electrons. The smallest absolute Gasteiger partial charge is 0.320 e. The number of hydrogen-bond donors (Lipinski definition) is 1. The molecule has 0 bridgehead atoms. The fraction of sp³-hybridized carbons (Fsp3) is 0.222. The quantitative estimate of drug-likeness (QED) is 0.768. The molecule has 1 N–H and O–H groups in total. The van der Waals surface area contributed by atoms with Crippen LogP contribution in [0.2, 0.25) is 0 Å². The predicted molar refractivity (Wildman–Crippen MR) is 66.1 cm³/mol. The van der Waals surface area contributed by atoms with Crippen molar-refractivity contribution >= 4 is 50.1 Å².